The van der Waals surface area contributed by atoms with Crippen LogP contribution in [0.15, 0.2) is 23.0 Å². The minimum Gasteiger partial charge on any atom is -0.510 e. The summed E-state index contributed by atoms with van der Waals surface area (Å²) in [6.07, 6.45) is 1.08. The number of aliphatic hydroxyl groups excluding tert-OH is 1. The first-order chi connectivity index (χ1) is 9.79. The van der Waals surface area contributed by atoms with Crippen LogP contribution in [0.5, 0.6) is 0 Å². The molecular formula is C12H18N4O7. The van der Waals surface area contributed by atoms with Crippen molar-refractivity contribution >= 4 is 23.8 Å². The van der Waals surface area contributed by atoms with E-state index >= 15 is 0 Å². The minimum atomic E-state index is -1.22. The van der Waals surface area contributed by atoms with Gasteiger partial charge >= 0.3 is 11.9 Å². The molecule has 0 radical (unpaired) electrons. The van der Waals surface area contributed by atoms with E-state index in [1.807, 2.05) is 0 Å². The van der Waals surface area contributed by atoms with E-state index in [2.05, 4.69) is 0 Å². The van der Waals surface area contributed by atoms with Crippen LogP contribution in [0.2, 0.25) is 0 Å². The van der Waals surface area contributed by atoms with Gasteiger partial charge in [-0.25, -0.2) is 0 Å². The monoisotopic (exact) mass is 330 g/mol. The number of hydrogen-bond acceptors (Lipinski definition) is 7. The maximum absolute atomic E-state index is 12.0. The predicted molar refractivity (Wildman–Crippen MR) is 76.2 cm³/mol. The van der Waals surface area contributed by atoms with Crippen molar-refractivity contribution in [2.45, 2.75) is 0 Å². The molecule has 0 saturated heterocycles. The third kappa shape index (κ3) is 4.05. The molecule has 128 valence electrons. The molecule has 2 aliphatic rings. The van der Waals surface area contributed by atoms with Crippen molar-refractivity contribution in [1.82, 2.24) is 22.1 Å². The number of aliphatic hydroxyl groups is 1. The lowest BCUT2D eigenvalue weighted by molar-refractivity contribution is -0.142. The standard InChI is InChI=1S/C12H12N2O7.2H3N/c15-7-3-14(5-10(19)20)12(21)11(7)6-1-8(16)13(2-6)4-9(17)18;;/h1,15H,2-5H2,(H,17,18)(H,19,20);2*1H3. The fourth-order valence-corrected chi connectivity index (χ4v) is 2.24. The highest BCUT2D eigenvalue weighted by Gasteiger charge is 2.37. The van der Waals surface area contributed by atoms with Gasteiger partial charge in [0.15, 0.2) is 0 Å². The van der Waals surface area contributed by atoms with Gasteiger partial charge in [0.05, 0.1) is 12.1 Å². The van der Waals surface area contributed by atoms with E-state index in [1.165, 1.54) is 0 Å². The summed E-state index contributed by atoms with van der Waals surface area (Å²) in [5.74, 6) is -4.00. The van der Waals surface area contributed by atoms with Gasteiger partial charge in [0.2, 0.25) is 5.91 Å². The van der Waals surface area contributed by atoms with Crippen LogP contribution in [0.4, 0.5) is 0 Å². The van der Waals surface area contributed by atoms with Crippen LogP contribution in [0.1, 0.15) is 0 Å². The number of nitrogens with zero attached hydrogens (tertiary/aromatic N) is 2. The minimum absolute atomic E-state index is 0. The molecule has 0 bridgehead atoms. The Morgan fingerprint density at radius 1 is 1.00 bits per heavy atom. The summed E-state index contributed by atoms with van der Waals surface area (Å²) in [5, 5.41) is 27.1. The molecule has 2 aliphatic heterocycles. The van der Waals surface area contributed by atoms with Gasteiger partial charge in [-0.05, 0) is 5.57 Å². The highest BCUT2D eigenvalue weighted by Crippen LogP contribution is 2.27. The lowest BCUT2D eigenvalue weighted by Gasteiger charge is -2.15. The molecule has 9 N–H and O–H groups in total. The van der Waals surface area contributed by atoms with E-state index in [0.29, 0.717) is 0 Å². The maximum atomic E-state index is 12.0. The highest BCUT2D eigenvalue weighted by molar-refractivity contribution is 6.05. The van der Waals surface area contributed by atoms with E-state index < -0.39 is 36.8 Å². The molecule has 11 heteroatoms. The SMILES string of the molecule is N.N.O=C(O)CN1CC(C2=C(O)CN(CC(=O)O)C2=O)=CC1=O. The van der Waals surface area contributed by atoms with Crippen LogP contribution in [0.3, 0.4) is 0 Å². The number of carbonyl (C=O) groups is 4. The van der Waals surface area contributed by atoms with E-state index in [0.717, 1.165) is 15.9 Å². The zero-order valence-corrected chi connectivity index (χ0v) is 12.2. The molecule has 0 fully saturated rings. The quantitative estimate of drug-likeness (QED) is 0.414. The lowest BCUT2D eigenvalue weighted by atomic mass is 10.1. The first-order valence-corrected chi connectivity index (χ1v) is 5.94. The molecule has 2 heterocycles. The van der Waals surface area contributed by atoms with Gasteiger partial charge in [-0.2, -0.15) is 0 Å². The van der Waals surface area contributed by atoms with Gasteiger partial charge in [-0.3, -0.25) is 19.2 Å². The molecular weight excluding hydrogens is 312 g/mol. The van der Waals surface area contributed by atoms with E-state index in [-0.39, 0.29) is 42.3 Å². The Balaban J connectivity index is 0.00000242. The van der Waals surface area contributed by atoms with Crippen molar-refractivity contribution in [1.29, 1.82) is 0 Å². The third-order valence-corrected chi connectivity index (χ3v) is 3.07. The smallest absolute Gasteiger partial charge is 0.323 e. The number of aliphatic carboxylic acids is 2. The Bertz CT molecular complexity index is 611. The Kier molecular flexibility index (Phi) is 6.44. The molecule has 2 rings (SSSR count). The summed E-state index contributed by atoms with van der Waals surface area (Å²) in [4.78, 5) is 46.8. The number of carboxylic acid groups (broad SMARTS) is 2. The molecule has 0 aromatic rings. The second-order valence-corrected chi connectivity index (χ2v) is 4.63. The summed E-state index contributed by atoms with van der Waals surface area (Å²) >= 11 is 0. The molecule has 23 heavy (non-hydrogen) atoms. The van der Waals surface area contributed by atoms with Gasteiger partial charge in [-0.15, -0.1) is 0 Å². The summed E-state index contributed by atoms with van der Waals surface area (Å²) in [6, 6.07) is 0. The molecule has 0 aromatic carbocycles. The fourth-order valence-electron chi connectivity index (χ4n) is 2.24. The summed E-state index contributed by atoms with van der Waals surface area (Å²) in [6.45, 7) is -1.44. The summed E-state index contributed by atoms with van der Waals surface area (Å²) < 4.78 is 0. The Hall–Kier alpha value is -2.92. The predicted octanol–water partition coefficient (Wildman–Crippen LogP) is -1.10. The van der Waals surface area contributed by atoms with Crippen molar-refractivity contribution in [2.75, 3.05) is 26.2 Å². The van der Waals surface area contributed by atoms with E-state index in [9.17, 15) is 24.3 Å². The van der Waals surface area contributed by atoms with Gasteiger partial charge in [0.1, 0.15) is 18.8 Å². The average Bonchev–Trinajstić information content (AvgIpc) is 2.80. The van der Waals surface area contributed by atoms with Crippen LogP contribution >= 0.6 is 0 Å². The summed E-state index contributed by atoms with van der Waals surface area (Å²) in [7, 11) is 0. The first kappa shape index (κ1) is 20.1. The van der Waals surface area contributed by atoms with Crippen LogP contribution in [-0.2, 0) is 19.2 Å². The fraction of sp³-hybridized carbons (Fsp3) is 0.333. The Labute approximate surface area is 130 Å². The largest absolute Gasteiger partial charge is 0.510 e. The number of carboxylic acids is 2. The molecule has 0 aromatic heterocycles. The molecule has 0 spiro atoms. The molecule has 11 nitrogen and oxygen atoms in total. The normalized spacial score (nSPS) is 17.0. The van der Waals surface area contributed by atoms with Crippen molar-refractivity contribution in [3.63, 3.8) is 0 Å². The van der Waals surface area contributed by atoms with Crippen LogP contribution in [0.25, 0.3) is 0 Å². The molecule has 0 unspecified atom stereocenters. The number of hydrogen-bond donors (Lipinski definition) is 5. The first-order valence-electron chi connectivity index (χ1n) is 5.94. The topological polar surface area (TPSA) is 205 Å². The van der Waals surface area contributed by atoms with Gasteiger partial charge < -0.3 is 37.4 Å². The van der Waals surface area contributed by atoms with Crippen molar-refractivity contribution < 1.29 is 34.5 Å². The molecule has 0 aliphatic carbocycles. The average molecular weight is 330 g/mol. The van der Waals surface area contributed by atoms with Gasteiger partial charge in [0.25, 0.3) is 5.91 Å². The molecule has 2 amide bonds. The maximum Gasteiger partial charge on any atom is 0.323 e. The highest BCUT2D eigenvalue weighted by atomic mass is 16.4. The van der Waals surface area contributed by atoms with Crippen LogP contribution < -0.4 is 12.3 Å². The van der Waals surface area contributed by atoms with Crippen LogP contribution in [0, 0.1) is 0 Å². The van der Waals surface area contributed by atoms with Gasteiger partial charge in [0, 0.05) is 12.6 Å². The Morgan fingerprint density at radius 2 is 1.52 bits per heavy atom. The molecule has 0 atom stereocenters. The number of rotatable bonds is 5. The van der Waals surface area contributed by atoms with Crippen molar-refractivity contribution in [3.05, 3.63) is 23.0 Å². The number of carbonyl (C=O) groups excluding carboxylic acids is 2. The van der Waals surface area contributed by atoms with E-state index in [4.69, 9.17) is 10.2 Å². The van der Waals surface area contributed by atoms with Crippen LogP contribution in [-0.4, -0.2) is 75.1 Å². The number of amides is 2. The zero-order chi connectivity index (χ0) is 15.7. The van der Waals surface area contributed by atoms with Gasteiger partial charge in [-0.1, -0.05) is 0 Å². The lowest BCUT2D eigenvalue weighted by Crippen LogP contribution is -2.34. The third-order valence-electron chi connectivity index (χ3n) is 3.07. The van der Waals surface area contributed by atoms with Crippen molar-refractivity contribution in [3.8, 4) is 0 Å². The second kappa shape index (κ2) is 7.38. The molecule has 0 saturated carbocycles. The van der Waals surface area contributed by atoms with E-state index in [1.54, 1.807) is 0 Å². The summed E-state index contributed by atoms with van der Waals surface area (Å²) in [5.41, 5.74) is 0.0640. The second-order valence-electron chi connectivity index (χ2n) is 4.63. The van der Waals surface area contributed by atoms with Crippen molar-refractivity contribution in [2.24, 2.45) is 0 Å². The Morgan fingerprint density at radius 3 is 2.04 bits per heavy atom. The zero-order valence-electron chi connectivity index (χ0n) is 12.2.